The Labute approximate surface area is 195 Å². The molecule has 3 aromatic rings. The molecule has 0 spiro atoms. The normalized spacial score (nSPS) is 12.5. The van der Waals surface area contributed by atoms with Gasteiger partial charge in [0.15, 0.2) is 5.58 Å². The van der Waals surface area contributed by atoms with E-state index in [1.807, 2.05) is 0 Å². The number of hydrogen-bond donors (Lipinski definition) is 2. The van der Waals surface area contributed by atoms with Crippen LogP contribution >= 0.6 is 11.6 Å². The number of phenols is 1. The highest BCUT2D eigenvalue weighted by Gasteiger charge is 2.40. The van der Waals surface area contributed by atoms with E-state index in [4.69, 9.17) is 16.0 Å². The van der Waals surface area contributed by atoms with Gasteiger partial charge >= 0.3 is 6.18 Å². The standard InChI is InChI=1S/C25H27ClF3NO3/c1-14(2)11-30(12-15(3)4)13-19-20(31)10-9-18-22(32)21(16-5-7-17(26)8-6-16)24(25(27,28)29)33-23(18)19/h5-10,14-15,31H,11-13H2,1-4H3/p+1. The van der Waals surface area contributed by atoms with Gasteiger partial charge in [0, 0.05) is 16.9 Å². The van der Waals surface area contributed by atoms with E-state index in [1.165, 1.54) is 36.4 Å². The maximum Gasteiger partial charge on any atom is 0.450 e. The van der Waals surface area contributed by atoms with Gasteiger partial charge in [-0.1, -0.05) is 51.4 Å². The number of quaternary nitrogens is 1. The predicted molar refractivity (Wildman–Crippen MR) is 124 cm³/mol. The minimum atomic E-state index is -4.91. The summed E-state index contributed by atoms with van der Waals surface area (Å²) >= 11 is 5.87. The largest absolute Gasteiger partial charge is 0.507 e. The molecule has 0 unspecified atom stereocenters. The molecule has 0 atom stereocenters. The first-order valence-electron chi connectivity index (χ1n) is 10.9. The molecular weight excluding hydrogens is 455 g/mol. The molecule has 0 fully saturated rings. The van der Waals surface area contributed by atoms with Crippen LogP contribution in [-0.4, -0.2) is 18.2 Å². The van der Waals surface area contributed by atoms with Crippen LogP contribution in [0.2, 0.25) is 5.02 Å². The second-order valence-electron chi connectivity index (χ2n) is 9.20. The molecule has 0 radical (unpaired) electrons. The molecule has 0 saturated heterocycles. The van der Waals surface area contributed by atoms with Gasteiger partial charge in [-0.15, -0.1) is 0 Å². The first-order chi connectivity index (χ1) is 15.4. The number of hydrogen-bond acceptors (Lipinski definition) is 3. The van der Waals surface area contributed by atoms with Crippen LogP contribution < -0.4 is 10.3 Å². The highest BCUT2D eigenvalue weighted by atomic mass is 35.5. The number of nitrogens with one attached hydrogen (secondary N) is 1. The van der Waals surface area contributed by atoms with Gasteiger partial charge in [-0.3, -0.25) is 4.79 Å². The Hall–Kier alpha value is -2.51. The van der Waals surface area contributed by atoms with E-state index in [0.29, 0.717) is 16.9 Å². The number of fused-ring (bicyclic) bond motifs is 1. The molecule has 178 valence electrons. The molecule has 0 aliphatic carbocycles. The zero-order chi connectivity index (χ0) is 24.5. The Morgan fingerprint density at radius 3 is 2.09 bits per heavy atom. The number of halogens is 4. The summed E-state index contributed by atoms with van der Waals surface area (Å²) in [6.07, 6.45) is -4.91. The Balaban J connectivity index is 2.27. The third-order valence-corrected chi connectivity index (χ3v) is 5.60. The van der Waals surface area contributed by atoms with Gasteiger partial charge < -0.3 is 14.4 Å². The Bertz CT molecular complexity index is 1170. The van der Waals surface area contributed by atoms with Gasteiger partial charge in [0.25, 0.3) is 0 Å². The predicted octanol–water partition coefficient (Wildman–Crippen LogP) is 5.53. The van der Waals surface area contributed by atoms with Crippen LogP contribution in [0, 0.1) is 11.8 Å². The molecule has 3 rings (SSSR count). The summed E-state index contributed by atoms with van der Waals surface area (Å²) in [5, 5.41) is 10.9. The third kappa shape index (κ3) is 5.71. The lowest BCUT2D eigenvalue weighted by Crippen LogP contribution is -3.11. The van der Waals surface area contributed by atoms with Crippen LogP contribution in [0.15, 0.2) is 45.6 Å². The van der Waals surface area contributed by atoms with Crippen LogP contribution in [0.1, 0.15) is 39.0 Å². The molecule has 2 N–H and O–H groups in total. The summed E-state index contributed by atoms with van der Waals surface area (Å²) in [7, 11) is 0. The second kappa shape index (κ2) is 9.77. The summed E-state index contributed by atoms with van der Waals surface area (Å²) in [4.78, 5) is 14.4. The van der Waals surface area contributed by atoms with Gasteiger partial charge in [0.1, 0.15) is 12.3 Å². The molecule has 0 bridgehead atoms. The Morgan fingerprint density at radius 1 is 1.00 bits per heavy atom. The maximum absolute atomic E-state index is 14.0. The van der Waals surface area contributed by atoms with Crippen molar-refractivity contribution < 1.29 is 27.6 Å². The first kappa shape index (κ1) is 25.1. The average Bonchev–Trinajstić information content (AvgIpc) is 2.69. The van der Waals surface area contributed by atoms with Crippen molar-refractivity contribution in [2.75, 3.05) is 13.1 Å². The zero-order valence-electron chi connectivity index (χ0n) is 19.0. The molecule has 1 aromatic heterocycles. The lowest BCUT2D eigenvalue weighted by Gasteiger charge is -2.24. The first-order valence-corrected chi connectivity index (χ1v) is 11.2. The van der Waals surface area contributed by atoms with E-state index in [-0.39, 0.29) is 34.4 Å². The molecule has 33 heavy (non-hydrogen) atoms. The van der Waals surface area contributed by atoms with Crippen LogP contribution in [0.4, 0.5) is 13.2 Å². The average molecular weight is 483 g/mol. The highest BCUT2D eigenvalue weighted by Crippen LogP contribution is 2.39. The van der Waals surface area contributed by atoms with Crippen LogP contribution in [0.5, 0.6) is 5.75 Å². The minimum Gasteiger partial charge on any atom is -0.507 e. The summed E-state index contributed by atoms with van der Waals surface area (Å²) < 4.78 is 47.5. The molecule has 0 aliphatic rings. The molecule has 4 nitrogen and oxygen atoms in total. The summed E-state index contributed by atoms with van der Waals surface area (Å²) in [5.41, 5.74) is -1.34. The minimum absolute atomic E-state index is 0.00538. The van der Waals surface area contributed by atoms with Crippen molar-refractivity contribution in [2.45, 2.75) is 40.4 Å². The summed E-state index contributed by atoms with van der Waals surface area (Å²) in [6, 6.07) is 8.20. The van der Waals surface area contributed by atoms with Crippen molar-refractivity contribution in [2.24, 2.45) is 11.8 Å². The van der Waals surface area contributed by atoms with Crippen LogP contribution in [0.25, 0.3) is 22.1 Å². The van der Waals surface area contributed by atoms with Gasteiger partial charge in [-0.05, 0) is 29.8 Å². The van der Waals surface area contributed by atoms with E-state index in [0.717, 1.165) is 18.0 Å². The highest BCUT2D eigenvalue weighted by molar-refractivity contribution is 6.30. The summed E-state index contributed by atoms with van der Waals surface area (Å²) in [6.45, 7) is 9.99. The van der Waals surface area contributed by atoms with E-state index >= 15 is 0 Å². The van der Waals surface area contributed by atoms with Crippen molar-refractivity contribution in [1.82, 2.24) is 0 Å². The fraction of sp³-hybridized carbons (Fsp3) is 0.400. The van der Waals surface area contributed by atoms with Crippen molar-refractivity contribution in [3.05, 3.63) is 63.0 Å². The molecule has 1 heterocycles. The SMILES string of the molecule is CC(C)C[NH+](Cc1c(O)ccc2c(=O)c(-c3ccc(Cl)cc3)c(C(F)(F)F)oc12)CC(C)C. The van der Waals surface area contributed by atoms with Crippen molar-refractivity contribution in [3.8, 4) is 16.9 Å². The number of alkyl halides is 3. The Kier molecular flexibility index (Phi) is 7.44. The van der Waals surface area contributed by atoms with Gasteiger partial charge in [0.2, 0.25) is 11.2 Å². The van der Waals surface area contributed by atoms with Gasteiger partial charge in [-0.2, -0.15) is 13.2 Å². The van der Waals surface area contributed by atoms with Gasteiger partial charge in [-0.25, -0.2) is 0 Å². The number of benzene rings is 2. The fourth-order valence-corrected chi connectivity index (χ4v) is 4.31. The van der Waals surface area contributed by atoms with Crippen molar-refractivity contribution >= 4 is 22.6 Å². The lowest BCUT2D eigenvalue weighted by molar-refractivity contribution is -0.919. The van der Waals surface area contributed by atoms with E-state index in [2.05, 4.69) is 27.7 Å². The number of rotatable bonds is 7. The van der Waals surface area contributed by atoms with E-state index in [1.54, 1.807) is 0 Å². The topological polar surface area (TPSA) is 54.9 Å². The van der Waals surface area contributed by atoms with Crippen molar-refractivity contribution in [1.29, 1.82) is 0 Å². The fourth-order valence-electron chi connectivity index (χ4n) is 4.19. The van der Waals surface area contributed by atoms with Crippen LogP contribution in [0.3, 0.4) is 0 Å². The molecule has 2 aromatic carbocycles. The molecular formula is C25H28ClF3NO3+. The monoisotopic (exact) mass is 482 g/mol. The third-order valence-electron chi connectivity index (χ3n) is 5.35. The zero-order valence-corrected chi connectivity index (χ0v) is 19.8. The maximum atomic E-state index is 14.0. The number of aromatic hydroxyl groups is 1. The summed E-state index contributed by atoms with van der Waals surface area (Å²) in [5.74, 6) is -0.901. The lowest BCUT2D eigenvalue weighted by atomic mass is 10.00. The smallest absolute Gasteiger partial charge is 0.450 e. The molecule has 0 saturated carbocycles. The van der Waals surface area contributed by atoms with E-state index < -0.39 is 22.9 Å². The van der Waals surface area contributed by atoms with Gasteiger partial charge in [0.05, 0.1) is 29.6 Å². The van der Waals surface area contributed by atoms with Crippen molar-refractivity contribution in [3.63, 3.8) is 0 Å². The van der Waals surface area contributed by atoms with Crippen LogP contribution in [-0.2, 0) is 12.7 Å². The number of phenolic OH excluding ortho intramolecular Hbond substituents is 1. The molecule has 0 amide bonds. The Morgan fingerprint density at radius 2 is 1.58 bits per heavy atom. The quantitative estimate of drug-likeness (QED) is 0.465. The molecule has 8 heteroatoms. The molecule has 0 aliphatic heterocycles. The second-order valence-corrected chi connectivity index (χ2v) is 9.64. The van der Waals surface area contributed by atoms with E-state index in [9.17, 15) is 23.1 Å².